The second kappa shape index (κ2) is 10.6. The molecule has 0 spiro atoms. The molecule has 1 unspecified atom stereocenters. The summed E-state index contributed by atoms with van der Waals surface area (Å²) in [4.78, 5) is 72.9. The molecule has 4 aromatic rings. The van der Waals surface area contributed by atoms with Gasteiger partial charge in [-0.1, -0.05) is 30.3 Å². The van der Waals surface area contributed by atoms with Gasteiger partial charge in [0, 0.05) is 52.4 Å². The summed E-state index contributed by atoms with van der Waals surface area (Å²) in [5.74, 6) is -0.158. The number of aryl methyl sites for hydroxylation is 2. The fourth-order valence-electron chi connectivity index (χ4n) is 5.98. The molecule has 2 aromatic heterocycles. The first-order chi connectivity index (χ1) is 20.6. The van der Waals surface area contributed by atoms with Crippen molar-refractivity contribution >= 4 is 40.3 Å². The van der Waals surface area contributed by atoms with Crippen LogP contribution in [0.1, 0.15) is 17.5 Å². The van der Waals surface area contributed by atoms with Gasteiger partial charge in [0.05, 0.1) is 29.6 Å². The molecule has 2 aliphatic rings. The lowest BCUT2D eigenvalue weighted by Crippen LogP contribution is -2.53. The van der Waals surface area contributed by atoms with Crippen LogP contribution in [0.25, 0.3) is 11.2 Å². The van der Waals surface area contributed by atoms with Gasteiger partial charge in [-0.3, -0.25) is 43.1 Å². The summed E-state index contributed by atoms with van der Waals surface area (Å²) in [6.07, 6.45) is 0.0138. The normalized spacial score (nSPS) is 17.8. The number of nitro benzene ring substituents is 1. The fraction of sp³-hybridized carbons (Fsp3) is 0.345. The fourth-order valence-corrected chi connectivity index (χ4v) is 5.98. The van der Waals surface area contributed by atoms with Gasteiger partial charge in [-0.25, -0.2) is 9.69 Å². The maximum absolute atomic E-state index is 13.5. The molecule has 0 saturated carbocycles. The molecule has 43 heavy (non-hydrogen) atoms. The summed E-state index contributed by atoms with van der Waals surface area (Å²) in [5, 5.41) is 11.1. The molecule has 2 aliphatic heterocycles. The zero-order valence-electron chi connectivity index (χ0n) is 24.0. The minimum absolute atomic E-state index is 0.0138. The third-order valence-electron chi connectivity index (χ3n) is 8.30. The van der Waals surface area contributed by atoms with E-state index in [0.717, 1.165) is 15.0 Å². The van der Waals surface area contributed by atoms with E-state index >= 15 is 0 Å². The minimum atomic E-state index is -0.652. The molecule has 0 N–H and O–H groups in total. The van der Waals surface area contributed by atoms with Gasteiger partial charge in [0.15, 0.2) is 11.2 Å². The lowest BCUT2D eigenvalue weighted by molar-refractivity contribution is -0.384. The van der Waals surface area contributed by atoms with Crippen LogP contribution in [0, 0.1) is 17.0 Å². The molecule has 2 fully saturated rings. The highest BCUT2D eigenvalue weighted by Crippen LogP contribution is 2.31. The molecule has 6 rings (SSSR count). The van der Waals surface area contributed by atoms with Crippen molar-refractivity contribution in [3.8, 4) is 0 Å². The van der Waals surface area contributed by atoms with E-state index in [0.29, 0.717) is 61.1 Å². The molecular formula is C29H30N8O6. The molecule has 2 amide bonds. The number of non-ortho nitro benzene ring substituents is 1. The van der Waals surface area contributed by atoms with Crippen molar-refractivity contribution < 1.29 is 14.5 Å². The van der Waals surface area contributed by atoms with Crippen molar-refractivity contribution in [1.29, 1.82) is 0 Å². The number of imidazole rings is 1. The number of carbonyl (C=O) groups excluding carboxylic acids is 2. The standard InChI is InChI=1S/C29H30N8O6/c1-18-15-20(37(42)43)9-10-21(18)36-23(38)16-22(26(36)39)33-11-13-34(14-12-33)28-30-25-24(27(40)32(3)29(41)31(25)2)35(28)17-19-7-5-4-6-8-19/h4-10,15,22H,11-14,16-17H2,1-3H3. The summed E-state index contributed by atoms with van der Waals surface area (Å²) < 4.78 is 4.29. The Kier molecular flexibility index (Phi) is 6.92. The van der Waals surface area contributed by atoms with Gasteiger partial charge in [-0.15, -0.1) is 0 Å². The van der Waals surface area contributed by atoms with Gasteiger partial charge in [0.1, 0.15) is 0 Å². The largest absolute Gasteiger partial charge is 0.340 e. The van der Waals surface area contributed by atoms with Crippen molar-refractivity contribution in [3.05, 3.63) is 90.6 Å². The number of piperazine rings is 1. The molecular weight excluding hydrogens is 556 g/mol. The minimum Gasteiger partial charge on any atom is -0.340 e. The van der Waals surface area contributed by atoms with Crippen molar-refractivity contribution in [2.75, 3.05) is 36.0 Å². The number of nitro groups is 1. The highest BCUT2D eigenvalue weighted by Gasteiger charge is 2.44. The lowest BCUT2D eigenvalue weighted by Gasteiger charge is -2.37. The maximum Gasteiger partial charge on any atom is 0.332 e. The zero-order valence-corrected chi connectivity index (χ0v) is 24.0. The number of hydrogen-bond donors (Lipinski definition) is 0. The number of amides is 2. The van der Waals surface area contributed by atoms with Crippen LogP contribution in [0.2, 0.25) is 0 Å². The number of imide groups is 1. The smallest absolute Gasteiger partial charge is 0.332 e. The molecule has 4 heterocycles. The number of fused-ring (bicyclic) bond motifs is 1. The van der Waals surface area contributed by atoms with E-state index in [1.165, 1.54) is 29.8 Å². The molecule has 222 valence electrons. The average molecular weight is 587 g/mol. The van der Waals surface area contributed by atoms with Crippen molar-refractivity contribution in [3.63, 3.8) is 0 Å². The Hall–Kier alpha value is -5.11. The molecule has 14 heteroatoms. The molecule has 0 aliphatic carbocycles. The third-order valence-corrected chi connectivity index (χ3v) is 8.30. The van der Waals surface area contributed by atoms with Gasteiger partial charge < -0.3 is 4.90 Å². The first kappa shape index (κ1) is 28.0. The number of carbonyl (C=O) groups is 2. The SMILES string of the molecule is Cc1cc([N+](=O)[O-])ccc1N1C(=O)CC(N2CCN(c3nc4c(c(=O)n(C)c(=O)n4C)n3Cc3ccccc3)CC2)C1=O. The molecule has 0 bridgehead atoms. The first-order valence-electron chi connectivity index (χ1n) is 13.9. The van der Waals surface area contributed by atoms with E-state index < -0.39 is 22.2 Å². The summed E-state index contributed by atoms with van der Waals surface area (Å²) in [7, 11) is 3.04. The number of nitrogens with zero attached hydrogens (tertiary/aromatic N) is 8. The van der Waals surface area contributed by atoms with Crippen molar-refractivity contribution in [2.45, 2.75) is 25.9 Å². The van der Waals surface area contributed by atoms with Crippen LogP contribution in [0.4, 0.5) is 17.3 Å². The van der Waals surface area contributed by atoms with E-state index in [1.54, 1.807) is 14.0 Å². The molecule has 2 aromatic carbocycles. The molecule has 0 radical (unpaired) electrons. The van der Waals surface area contributed by atoms with Gasteiger partial charge in [0.2, 0.25) is 11.9 Å². The molecule has 1 atom stereocenters. The van der Waals surface area contributed by atoms with Gasteiger partial charge in [-0.2, -0.15) is 4.98 Å². The first-order valence-corrected chi connectivity index (χ1v) is 13.9. The van der Waals surface area contributed by atoms with Crippen LogP contribution >= 0.6 is 0 Å². The monoisotopic (exact) mass is 586 g/mol. The van der Waals surface area contributed by atoms with Crippen LogP contribution in [0.15, 0.2) is 58.1 Å². The Morgan fingerprint density at radius 2 is 1.65 bits per heavy atom. The number of hydrogen-bond acceptors (Lipinski definition) is 9. The number of benzene rings is 2. The van der Waals surface area contributed by atoms with E-state index in [-0.39, 0.29) is 23.9 Å². The quantitative estimate of drug-likeness (QED) is 0.184. The van der Waals surface area contributed by atoms with Crippen LogP contribution in [-0.2, 0) is 30.2 Å². The van der Waals surface area contributed by atoms with E-state index in [1.807, 2.05) is 44.7 Å². The van der Waals surface area contributed by atoms with Crippen LogP contribution in [-0.4, -0.2) is 72.5 Å². The second-order valence-electron chi connectivity index (χ2n) is 10.9. The highest BCUT2D eigenvalue weighted by molar-refractivity contribution is 6.22. The summed E-state index contributed by atoms with van der Waals surface area (Å²) in [6, 6.07) is 13.1. The summed E-state index contributed by atoms with van der Waals surface area (Å²) in [5.41, 5.74) is 1.42. The predicted molar refractivity (Wildman–Crippen MR) is 158 cm³/mol. The maximum atomic E-state index is 13.5. The second-order valence-corrected chi connectivity index (χ2v) is 10.9. The van der Waals surface area contributed by atoms with E-state index in [2.05, 4.69) is 0 Å². The Bertz CT molecular complexity index is 1900. The van der Waals surface area contributed by atoms with Crippen LogP contribution < -0.4 is 21.0 Å². The van der Waals surface area contributed by atoms with Gasteiger partial charge >= 0.3 is 5.69 Å². The van der Waals surface area contributed by atoms with Gasteiger partial charge in [-0.05, 0) is 24.1 Å². The summed E-state index contributed by atoms with van der Waals surface area (Å²) >= 11 is 0. The van der Waals surface area contributed by atoms with Crippen molar-refractivity contribution in [1.82, 2.24) is 23.6 Å². The number of rotatable bonds is 6. The Morgan fingerprint density at radius 3 is 2.30 bits per heavy atom. The number of anilines is 2. The van der Waals surface area contributed by atoms with Crippen LogP contribution in [0.5, 0.6) is 0 Å². The Morgan fingerprint density at radius 1 is 0.953 bits per heavy atom. The van der Waals surface area contributed by atoms with Gasteiger partial charge in [0.25, 0.3) is 17.2 Å². The molecule has 14 nitrogen and oxygen atoms in total. The van der Waals surface area contributed by atoms with Crippen LogP contribution in [0.3, 0.4) is 0 Å². The topological polar surface area (TPSA) is 149 Å². The third kappa shape index (κ3) is 4.69. The van der Waals surface area contributed by atoms with E-state index in [4.69, 9.17) is 4.98 Å². The predicted octanol–water partition coefficient (Wildman–Crippen LogP) is 1.15. The number of aromatic nitrogens is 4. The van der Waals surface area contributed by atoms with Crippen molar-refractivity contribution in [2.24, 2.45) is 14.1 Å². The zero-order chi connectivity index (χ0) is 30.6. The highest BCUT2D eigenvalue weighted by atomic mass is 16.6. The average Bonchev–Trinajstić information content (AvgIpc) is 3.52. The lowest BCUT2D eigenvalue weighted by atomic mass is 10.1. The molecule has 2 saturated heterocycles. The Labute approximate surface area is 245 Å². The Balaban J connectivity index is 1.27. The van der Waals surface area contributed by atoms with E-state index in [9.17, 15) is 29.3 Å². The summed E-state index contributed by atoms with van der Waals surface area (Å²) in [6.45, 7) is 3.88.